The smallest absolute Gasteiger partial charge is 0.277 e. The number of aliphatic hydroxyl groups is 3. The number of hydrogen-bond donors (Lipinski definition) is 4. The number of hydrogen-bond acceptors (Lipinski definition) is 8. The van der Waals surface area contributed by atoms with Crippen molar-refractivity contribution in [3.05, 3.63) is 63.8 Å². The lowest BCUT2D eigenvalue weighted by Crippen LogP contribution is -2.49. The van der Waals surface area contributed by atoms with Crippen LogP contribution in [-0.4, -0.2) is 64.8 Å². The molecule has 31 heavy (non-hydrogen) atoms. The molecule has 10 nitrogen and oxygen atoms in total. The SMILES string of the molecule is COc1ccc(C(=O)N/N=C(\C2N=c3cc(Cl)ccc3=NC2=O)C(O)C(O)CO)cc1. The number of carbonyl (C=O) groups is 2. The summed E-state index contributed by atoms with van der Waals surface area (Å²) in [5.41, 5.74) is 2.07. The van der Waals surface area contributed by atoms with E-state index in [4.69, 9.17) is 16.3 Å². The quantitative estimate of drug-likeness (QED) is 0.316. The number of ether oxygens (including phenoxy) is 1. The molecule has 0 fully saturated rings. The Kier molecular flexibility index (Phi) is 7.08. The Bertz CT molecular complexity index is 1140. The average Bonchev–Trinajstić information content (AvgIpc) is 2.78. The van der Waals surface area contributed by atoms with E-state index in [1.165, 1.54) is 31.4 Å². The van der Waals surface area contributed by atoms with E-state index >= 15 is 0 Å². The minimum Gasteiger partial charge on any atom is -0.497 e. The third kappa shape index (κ3) is 5.12. The van der Waals surface area contributed by atoms with Gasteiger partial charge in [0.15, 0.2) is 6.04 Å². The Morgan fingerprint density at radius 1 is 1.23 bits per heavy atom. The van der Waals surface area contributed by atoms with Gasteiger partial charge >= 0.3 is 0 Å². The highest BCUT2D eigenvalue weighted by molar-refractivity contribution is 6.30. The zero-order valence-electron chi connectivity index (χ0n) is 16.3. The molecule has 1 aliphatic heterocycles. The number of hydrazone groups is 1. The van der Waals surface area contributed by atoms with E-state index in [0.717, 1.165) is 0 Å². The maximum absolute atomic E-state index is 12.5. The molecule has 1 heterocycles. The van der Waals surface area contributed by atoms with Crippen molar-refractivity contribution in [3.8, 4) is 5.75 Å². The zero-order valence-corrected chi connectivity index (χ0v) is 17.0. The average molecular weight is 447 g/mol. The third-order valence-corrected chi connectivity index (χ3v) is 4.68. The molecular formula is C20H19ClN4O6. The molecule has 2 amide bonds. The number of nitrogens with one attached hydrogen (secondary N) is 1. The van der Waals surface area contributed by atoms with E-state index in [-0.39, 0.29) is 22.0 Å². The van der Waals surface area contributed by atoms with Crippen molar-refractivity contribution in [2.45, 2.75) is 18.2 Å². The summed E-state index contributed by atoms with van der Waals surface area (Å²) >= 11 is 5.96. The maximum atomic E-state index is 12.5. The summed E-state index contributed by atoms with van der Waals surface area (Å²) in [6.07, 6.45) is -3.46. The normalized spacial score (nSPS) is 17.6. The van der Waals surface area contributed by atoms with Gasteiger partial charge in [-0.2, -0.15) is 5.10 Å². The number of amides is 2. The molecule has 1 aliphatic rings. The summed E-state index contributed by atoms with van der Waals surface area (Å²) in [5, 5.41) is 34.2. The molecule has 162 valence electrons. The number of aliphatic hydroxyl groups excluding tert-OH is 3. The van der Waals surface area contributed by atoms with Crippen LogP contribution in [-0.2, 0) is 4.79 Å². The molecule has 0 spiro atoms. The second-order valence-corrected chi connectivity index (χ2v) is 6.95. The highest BCUT2D eigenvalue weighted by atomic mass is 35.5. The summed E-state index contributed by atoms with van der Waals surface area (Å²) in [4.78, 5) is 33.1. The molecule has 0 saturated carbocycles. The first-order valence-corrected chi connectivity index (χ1v) is 9.46. The third-order valence-electron chi connectivity index (χ3n) is 4.44. The fraction of sp³-hybridized carbons (Fsp3) is 0.250. The fourth-order valence-electron chi connectivity index (χ4n) is 2.77. The summed E-state index contributed by atoms with van der Waals surface area (Å²) in [6.45, 7) is -0.812. The highest BCUT2D eigenvalue weighted by Gasteiger charge is 2.34. The Balaban J connectivity index is 1.96. The second-order valence-electron chi connectivity index (χ2n) is 6.52. The van der Waals surface area contributed by atoms with Gasteiger partial charge in [0.05, 0.1) is 24.4 Å². The summed E-state index contributed by atoms with van der Waals surface area (Å²) < 4.78 is 5.03. The largest absolute Gasteiger partial charge is 0.497 e. The van der Waals surface area contributed by atoms with Gasteiger partial charge in [0, 0.05) is 10.6 Å². The van der Waals surface area contributed by atoms with Gasteiger partial charge in [-0.15, -0.1) is 0 Å². The molecular weight excluding hydrogens is 428 g/mol. The van der Waals surface area contributed by atoms with Crippen molar-refractivity contribution in [2.75, 3.05) is 13.7 Å². The Hall–Kier alpha value is -3.18. The molecule has 0 saturated heterocycles. The van der Waals surface area contributed by atoms with Crippen LogP contribution in [0.15, 0.2) is 57.6 Å². The number of benzene rings is 2. The summed E-state index contributed by atoms with van der Waals surface area (Å²) in [7, 11) is 1.49. The van der Waals surface area contributed by atoms with Gasteiger partial charge in [-0.05, 0) is 42.5 Å². The number of halogens is 1. The van der Waals surface area contributed by atoms with Gasteiger partial charge in [-0.1, -0.05) is 11.6 Å². The van der Waals surface area contributed by atoms with Crippen molar-refractivity contribution in [1.29, 1.82) is 0 Å². The van der Waals surface area contributed by atoms with Gasteiger partial charge in [-0.25, -0.2) is 10.4 Å². The van der Waals surface area contributed by atoms with Gasteiger partial charge in [0.2, 0.25) is 0 Å². The lowest BCUT2D eigenvalue weighted by Gasteiger charge is -2.22. The number of rotatable bonds is 7. The van der Waals surface area contributed by atoms with Crippen LogP contribution in [0.4, 0.5) is 0 Å². The minimum atomic E-state index is -1.80. The van der Waals surface area contributed by atoms with Gasteiger partial charge in [0.25, 0.3) is 11.8 Å². The molecule has 0 aromatic heterocycles. The van der Waals surface area contributed by atoms with Crippen LogP contribution in [0.3, 0.4) is 0 Å². The van der Waals surface area contributed by atoms with Crippen molar-refractivity contribution in [1.82, 2.24) is 5.43 Å². The van der Waals surface area contributed by atoms with E-state index < -0.39 is 36.7 Å². The van der Waals surface area contributed by atoms with E-state index in [0.29, 0.717) is 10.8 Å². The zero-order chi connectivity index (χ0) is 22.5. The molecule has 2 aromatic carbocycles. The Labute approximate surface area is 181 Å². The van der Waals surface area contributed by atoms with Crippen LogP contribution in [0.5, 0.6) is 5.75 Å². The van der Waals surface area contributed by atoms with Gasteiger partial charge in [-0.3, -0.25) is 14.6 Å². The van der Waals surface area contributed by atoms with Crippen LogP contribution in [0.2, 0.25) is 5.02 Å². The number of methoxy groups -OCH3 is 1. The first kappa shape index (κ1) is 22.5. The molecule has 0 radical (unpaired) electrons. The lowest BCUT2D eigenvalue weighted by atomic mass is 10.0. The molecule has 3 rings (SSSR count). The van der Waals surface area contributed by atoms with Gasteiger partial charge < -0.3 is 20.1 Å². The molecule has 4 N–H and O–H groups in total. The van der Waals surface area contributed by atoms with Crippen LogP contribution in [0.25, 0.3) is 0 Å². The van der Waals surface area contributed by atoms with Crippen molar-refractivity contribution >= 4 is 29.1 Å². The fourth-order valence-corrected chi connectivity index (χ4v) is 2.94. The Morgan fingerprint density at radius 3 is 2.58 bits per heavy atom. The lowest BCUT2D eigenvalue weighted by molar-refractivity contribution is -0.118. The predicted octanol–water partition coefficient (Wildman–Crippen LogP) is -1.00. The highest BCUT2D eigenvalue weighted by Crippen LogP contribution is 2.12. The number of fused-ring (bicyclic) bond motifs is 1. The monoisotopic (exact) mass is 446 g/mol. The topological polar surface area (TPSA) is 153 Å². The van der Waals surface area contributed by atoms with E-state index in [9.17, 15) is 24.9 Å². The van der Waals surface area contributed by atoms with Crippen LogP contribution < -0.4 is 20.9 Å². The number of carbonyl (C=O) groups excluding carboxylic acids is 2. The second kappa shape index (κ2) is 9.75. The first-order valence-electron chi connectivity index (χ1n) is 9.09. The maximum Gasteiger partial charge on any atom is 0.277 e. The summed E-state index contributed by atoms with van der Waals surface area (Å²) in [5.74, 6) is -0.862. The van der Waals surface area contributed by atoms with Crippen LogP contribution in [0.1, 0.15) is 10.4 Å². The van der Waals surface area contributed by atoms with Gasteiger partial charge in [0.1, 0.15) is 23.7 Å². The van der Waals surface area contributed by atoms with E-state index in [2.05, 4.69) is 20.5 Å². The molecule has 11 heteroatoms. The number of nitrogens with zero attached hydrogens (tertiary/aromatic N) is 3. The van der Waals surface area contributed by atoms with Crippen molar-refractivity contribution in [3.63, 3.8) is 0 Å². The summed E-state index contributed by atoms with van der Waals surface area (Å²) in [6, 6.07) is 9.23. The van der Waals surface area contributed by atoms with Crippen molar-refractivity contribution < 1.29 is 29.6 Å². The van der Waals surface area contributed by atoms with E-state index in [1.54, 1.807) is 18.2 Å². The van der Waals surface area contributed by atoms with Crippen LogP contribution >= 0.6 is 11.6 Å². The molecule has 3 atom stereocenters. The Morgan fingerprint density at radius 2 is 1.94 bits per heavy atom. The molecule has 3 unspecified atom stereocenters. The van der Waals surface area contributed by atoms with Crippen LogP contribution in [0, 0.1) is 0 Å². The molecule has 0 bridgehead atoms. The minimum absolute atomic E-state index is 0.231. The molecule has 2 aromatic rings. The predicted molar refractivity (Wildman–Crippen MR) is 110 cm³/mol. The molecule has 0 aliphatic carbocycles. The van der Waals surface area contributed by atoms with Crippen molar-refractivity contribution in [2.24, 2.45) is 15.1 Å². The standard InChI is InChI=1S/C20H19ClN4O6/c1-31-12-5-2-10(3-6-12)19(29)25-24-16(18(28)15(27)9-26)17-20(30)23-13-7-4-11(21)8-14(13)22-17/h2-8,15,17-18,26-28H,9H2,1H3,(H,25,29)/b24-16+. The first-order chi connectivity index (χ1) is 14.8. The van der Waals surface area contributed by atoms with E-state index in [1.807, 2.05) is 0 Å².